The predicted octanol–water partition coefficient (Wildman–Crippen LogP) is 18.0. The molecule has 32 heteroatoms. The van der Waals surface area contributed by atoms with Gasteiger partial charge in [0.2, 0.25) is 19.6 Å². The van der Waals surface area contributed by atoms with Crippen molar-refractivity contribution >= 4 is 68.1 Å². The van der Waals surface area contributed by atoms with Crippen LogP contribution >= 0.6 is 0 Å². The molecule has 8 aliphatic rings. The second-order valence-electron chi connectivity index (χ2n) is 39.1. The summed E-state index contributed by atoms with van der Waals surface area (Å²) in [6.07, 6.45) is 1.57. The zero-order valence-electron chi connectivity index (χ0n) is 83.5. The fourth-order valence-corrected chi connectivity index (χ4v) is 21.3. The Balaban J connectivity index is 0.000000143. The highest BCUT2D eigenvalue weighted by atomic mass is 19.3. The van der Waals surface area contributed by atoms with Gasteiger partial charge in [0.1, 0.15) is 74.7 Å². The Morgan fingerprint density at radius 1 is 0.434 bits per heavy atom. The summed E-state index contributed by atoms with van der Waals surface area (Å²) < 4.78 is 83.7. The molecule has 0 bridgehead atoms. The van der Waals surface area contributed by atoms with Gasteiger partial charge in [-0.1, -0.05) is 200 Å². The van der Waals surface area contributed by atoms with E-state index in [1.807, 2.05) is 129 Å². The number of likely N-dealkylation sites (N-methyl/N-ethyl adjacent to an activating group) is 3. The fourth-order valence-electron chi connectivity index (χ4n) is 21.3. The third kappa shape index (κ3) is 23.9. The predicted molar refractivity (Wildman–Crippen MR) is 550 cm³/mol. The van der Waals surface area contributed by atoms with E-state index in [4.69, 9.17) is 92.3 Å². The van der Waals surface area contributed by atoms with E-state index in [1.54, 1.807) is 26.6 Å². The van der Waals surface area contributed by atoms with E-state index in [9.17, 15) is 23.2 Å². The highest BCUT2D eigenvalue weighted by molar-refractivity contribution is 5.91. The SMILES string of the molecule is [C-]#[N+]C[C@H]1CN(c2nc(OC(C)CN(C)C)nc3c2COC(c2cccc4cccc(C)c24)C3)CCN1C(=O)OCc1ccccc1.[C-]#[N+]C[C@H]1CN(c2nc(OC[C@@H]3CC(F)(F)CN3C)nc3c2COC(c2cccc4cccc(C)c24)C3)CCN1C(=O)OCc1ccccc1.[C-]#[N+]C[C@H]1CN(c2nc(OC[C@H]3CCCN3C)nc3c2COC(c2cccc4cccc(C)c24)C3)CCN1C(=O)OCc1ccccc1. The van der Waals surface area contributed by atoms with Crippen LogP contribution in [0, 0.1) is 40.5 Å². The van der Waals surface area contributed by atoms with Crippen LogP contribution < -0.4 is 28.9 Å². The molecule has 9 aromatic carbocycles. The first-order valence-corrected chi connectivity index (χ1v) is 50.0. The van der Waals surface area contributed by atoms with Crippen molar-refractivity contribution in [2.24, 2.45) is 0 Å². The number of hydrogen-bond acceptors (Lipinski definition) is 24. The number of ether oxygens (including phenoxy) is 9. The Bertz CT molecular complexity index is 6720. The summed E-state index contributed by atoms with van der Waals surface area (Å²) in [5.41, 5.74) is 15.0. The number of hydrogen-bond donors (Lipinski definition) is 0. The Hall–Kier alpha value is -14.3. The van der Waals surface area contributed by atoms with E-state index in [2.05, 4.69) is 159 Å². The molecular weight excluding hydrogens is 1840 g/mol. The number of alkyl halides is 2. The normalized spacial score (nSPS) is 20.5. The van der Waals surface area contributed by atoms with E-state index in [1.165, 1.54) is 32.7 Å². The van der Waals surface area contributed by atoms with Crippen LogP contribution in [0.5, 0.6) is 18.0 Å². The Morgan fingerprint density at radius 2 is 0.779 bits per heavy atom. The molecule has 0 saturated carbocycles. The van der Waals surface area contributed by atoms with Crippen molar-refractivity contribution in [1.82, 2.24) is 59.3 Å². The van der Waals surface area contributed by atoms with E-state index < -0.39 is 36.3 Å². The molecule has 4 unspecified atom stereocenters. The first-order valence-electron chi connectivity index (χ1n) is 50.0. The van der Waals surface area contributed by atoms with Crippen LogP contribution in [0.1, 0.15) is 128 Å². The minimum Gasteiger partial charge on any atom is -0.462 e. The van der Waals surface area contributed by atoms with Gasteiger partial charge < -0.3 is 81.7 Å². The lowest BCUT2D eigenvalue weighted by Gasteiger charge is -2.40. The van der Waals surface area contributed by atoms with Crippen molar-refractivity contribution in [3.63, 3.8) is 0 Å². The number of nitrogens with zero attached hydrogens (tertiary/aromatic N) is 18. The monoisotopic (exact) mass is 1960 g/mol. The number of piperazine rings is 3. The second-order valence-corrected chi connectivity index (χ2v) is 39.1. The number of aryl methyl sites for hydroxylation is 3. The van der Waals surface area contributed by atoms with Crippen molar-refractivity contribution < 1.29 is 65.8 Å². The van der Waals surface area contributed by atoms with Gasteiger partial charge in [0, 0.05) is 120 Å². The minimum atomic E-state index is -2.77. The molecule has 0 spiro atoms. The Morgan fingerprint density at radius 3 is 1.11 bits per heavy atom. The zero-order valence-corrected chi connectivity index (χ0v) is 83.5. The Labute approximate surface area is 845 Å². The molecule has 752 valence electrons. The highest BCUT2D eigenvalue weighted by Gasteiger charge is 2.46. The van der Waals surface area contributed by atoms with Crippen LogP contribution in [-0.4, -0.2) is 259 Å². The quantitative estimate of drug-likeness (QED) is 0.0381. The van der Waals surface area contributed by atoms with Gasteiger partial charge in [-0.3, -0.25) is 19.6 Å². The van der Waals surface area contributed by atoms with Gasteiger partial charge in [-0.2, -0.15) is 29.9 Å². The topological polar surface area (TPSA) is 254 Å². The molecule has 20 rings (SSSR count). The smallest absolute Gasteiger partial charge is 0.410 e. The molecule has 9 atom stereocenters. The van der Waals surface area contributed by atoms with Crippen LogP contribution in [0.4, 0.5) is 40.6 Å². The van der Waals surface area contributed by atoms with Crippen LogP contribution in [0.2, 0.25) is 0 Å². The molecule has 0 radical (unpaired) electrons. The summed E-state index contributed by atoms with van der Waals surface area (Å²) in [7, 11) is 7.82. The summed E-state index contributed by atoms with van der Waals surface area (Å²) >= 11 is 0. The molecule has 0 aliphatic carbocycles. The van der Waals surface area contributed by atoms with Gasteiger partial charge in [0.25, 0.3) is 5.92 Å². The average molecular weight is 1960 g/mol. The maximum atomic E-state index is 14.2. The number of likely N-dealkylation sites (tertiary alicyclic amines) is 2. The molecule has 3 aromatic heterocycles. The molecule has 5 fully saturated rings. The van der Waals surface area contributed by atoms with E-state index in [0.29, 0.717) is 128 Å². The van der Waals surface area contributed by atoms with E-state index in [0.717, 1.165) is 115 Å². The average Bonchev–Trinajstić information content (AvgIpc) is 1.06. The molecule has 11 heterocycles. The third-order valence-electron chi connectivity index (χ3n) is 28.7. The lowest BCUT2D eigenvalue weighted by molar-refractivity contribution is 0.0136. The number of carbonyl (C=O) groups excluding carboxylic acids is 3. The molecule has 5 saturated heterocycles. The highest BCUT2D eigenvalue weighted by Crippen LogP contribution is 2.45. The minimum absolute atomic E-state index is 0.0220. The number of anilines is 3. The maximum absolute atomic E-state index is 14.2. The number of aromatic nitrogens is 6. The van der Waals surface area contributed by atoms with Gasteiger partial charge in [0.15, 0.2) is 0 Å². The van der Waals surface area contributed by atoms with E-state index >= 15 is 0 Å². The van der Waals surface area contributed by atoms with Crippen LogP contribution in [0.15, 0.2) is 200 Å². The van der Waals surface area contributed by atoms with Crippen LogP contribution in [0.3, 0.4) is 0 Å². The van der Waals surface area contributed by atoms with Gasteiger partial charge >= 0.3 is 36.3 Å². The first kappa shape index (κ1) is 101. The molecule has 145 heavy (non-hydrogen) atoms. The van der Waals surface area contributed by atoms with Gasteiger partial charge in [-0.05, 0) is 158 Å². The summed E-state index contributed by atoms with van der Waals surface area (Å²) in [6, 6.07) is 66.2. The number of fused-ring (bicyclic) bond motifs is 6. The fraction of sp³-hybridized carbons (Fsp3) is 0.416. The van der Waals surface area contributed by atoms with Crippen molar-refractivity contribution in [3.8, 4) is 18.0 Å². The molecule has 8 aliphatic heterocycles. The number of rotatable bonds is 25. The standard InChI is InChI=1S/C38H40F2N6O4.C38H42N6O4.C37H42N6O4/c1-25-9-7-12-27-13-8-14-30(34(25)27)33-17-32-31(23-48-33)35(43-36(42-32)49-22-28-18-38(39,40)24-44(28)3)45-15-16-46(29(20-45)19-41-2)37(47)50-21-26-10-5-4-6-11-26;1-26-10-7-13-28-14-8-16-31(35(26)28)34-20-33-32(25-46-34)36(41-37(40-33)47-24-29-15-9-17-42(29)3)43-18-19-44(30(22-43)21-39-2)38(45)48-23-27-11-5-4-6-12-27;1-25-11-9-14-28-15-10-16-30(34(25)28)33-19-32-31(24-45-33)35(40-36(39-32)47-26(2)21-41(4)5)42-17-18-43(29(22-42)20-38-3)37(44)46-23-27-12-7-6-8-13-27/h4-14,28-29,33H,15-24H2,1,3H3;4-8,10-14,16,29-30,34H,9,15,17-25H2,1,3H3;6-16,26,29,33H,17-24H2,1-2,4-5H3/t28-,29-,33?;29-,30+,34?;26?,29-,33?/m010/s1. The first-order chi connectivity index (χ1) is 70.5. The van der Waals surface area contributed by atoms with Gasteiger partial charge in [-0.25, -0.2) is 42.9 Å². The van der Waals surface area contributed by atoms with E-state index in [-0.39, 0.29) is 108 Å². The van der Waals surface area contributed by atoms with Crippen LogP contribution in [0.25, 0.3) is 46.9 Å². The summed E-state index contributed by atoms with van der Waals surface area (Å²) in [5.74, 6) is -0.669. The number of halogens is 2. The molecule has 12 aromatic rings. The molecule has 30 nitrogen and oxygen atoms in total. The lowest BCUT2D eigenvalue weighted by Crippen LogP contribution is -2.57. The van der Waals surface area contributed by atoms with Gasteiger partial charge in [0.05, 0.1) is 61.8 Å². The summed E-state index contributed by atoms with van der Waals surface area (Å²) in [6.45, 7) is 39.0. The third-order valence-corrected chi connectivity index (χ3v) is 28.7. The van der Waals surface area contributed by atoms with Crippen molar-refractivity contribution in [3.05, 3.63) is 318 Å². The second kappa shape index (κ2) is 46.2. The maximum Gasteiger partial charge on any atom is 0.410 e. The number of amides is 3. The largest absolute Gasteiger partial charge is 0.462 e. The molecule has 3 amide bonds. The summed E-state index contributed by atoms with van der Waals surface area (Å²) in [5, 5.41) is 7.10. The van der Waals surface area contributed by atoms with Crippen LogP contribution in [-0.2, 0) is 87.3 Å². The summed E-state index contributed by atoms with van der Waals surface area (Å²) in [4.78, 5) is 97.5. The van der Waals surface area contributed by atoms with Gasteiger partial charge in [-0.15, -0.1) is 0 Å². The Kier molecular flexibility index (Phi) is 32.1. The number of carbonyl (C=O) groups is 3. The van der Waals surface area contributed by atoms with Crippen molar-refractivity contribution in [2.75, 3.05) is 154 Å². The zero-order chi connectivity index (χ0) is 101. The van der Waals surface area contributed by atoms with Crippen molar-refractivity contribution in [1.29, 1.82) is 0 Å². The van der Waals surface area contributed by atoms with Crippen molar-refractivity contribution in [2.45, 2.75) is 166 Å². The lowest BCUT2D eigenvalue weighted by atomic mass is 9.92. The molecular formula is C113H124F2N18O12. The molecule has 0 N–H and O–H groups in total. The number of benzene rings is 9.